The fraction of sp³-hybridized carbons (Fsp3) is 0.444. The molecule has 1 amide bonds. The molecule has 2 aromatic carbocycles. The Morgan fingerprint density at radius 2 is 1.80 bits per heavy atom. The number of aliphatic hydroxyl groups excluding tert-OH is 2. The van der Waals surface area contributed by atoms with E-state index in [0.717, 1.165) is 5.56 Å². The molecule has 5 atom stereocenters. The zero-order chi connectivity index (χ0) is 36.1. The summed E-state index contributed by atoms with van der Waals surface area (Å²) in [7, 11) is 4.61. The maximum atomic E-state index is 14.2. The van der Waals surface area contributed by atoms with Crippen LogP contribution >= 0.6 is 0 Å². The summed E-state index contributed by atoms with van der Waals surface area (Å²) in [4.78, 5) is 53.8. The molecule has 13 nitrogen and oxygen atoms in total. The summed E-state index contributed by atoms with van der Waals surface area (Å²) in [5.74, 6) is -7.06. The first kappa shape index (κ1) is 35.6. The number of nitrogens with one attached hydrogen (secondary N) is 1. The Morgan fingerprint density at radius 1 is 1.10 bits per heavy atom. The highest BCUT2D eigenvalue weighted by Gasteiger charge is 2.64. The zero-order valence-electron chi connectivity index (χ0n) is 28.4. The van der Waals surface area contributed by atoms with Gasteiger partial charge in [-0.3, -0.25) is 24.1 Å². The van der Waals surface area contributed by atoms with Gasteiger partial charge in [-0.15, -0.1) is 0 Å². The van der Waals surface area contributed by atoms with Crippen LogP contribution in [0.15, 0.2) is 47.2 Å². The van der Waals surface area contributed by atoms with Gasteiger partial charge in [0.05, 0.1) is 25.3 Å². The van der Waals surface area contributed by atoms with Gasteiger partial charge in [-0.1, -0.05) is 26.0 Å². The standard InChI is InChI=1S/C36H43N3O10/c1-7-49-35(46)28(16(2)3)38-15-17-8-11-24(48-6)20(12-17)19-9-10-23(40)26-21(19)13-18-14-22-29(39(4)5)31(42)27(34(37)45)33(44)36(22,47)32(43)25(18)30(26)41/h8-12,16,18,22,28-29,38,40-41,44,47H,7,13-15H2,1-6H3,(H2,37,45)/t18-,22+,28?,29-,36-/m0/s1. The van der Waals surface area contributed by atoms with E-state index in [2.05, 4.69) is 5.32 Å². The minimum absolute atomic E-state index is 0.0263. The average Bonchev–Trinajstić information content (AvgIpc) is 3.02. The van der Waals surface area contributed by atoms with Gasteiger partial charge in [0.1, 0.15) is 34.6 Å². The third kappa shape index (κ3) is 5.75. The highest BCUT2D eigenvalue weighted by atomic mass is 16.5. The number of methoxy groups -OCH3 is 1. The molecular formula is C36H43N3O10. The second-order valence-electron chi connectivity index (χ2n) is 13.3. The van der Waals surface area contributed by atoms with Crippen molar-refractivity contribution in [2.24, 2.45) is 23.5 Å². The Labute approximate surface area is 284 Å². The van der Waals surface area contributed by atoms with Crippen molar-refractivity contribution in [1.29, 1.82) is 0 Å². The van der Waals surface area contributed by atoms with Gasteiger partial charge in [0.2, 0.25) is 5.78 Å². The zero-order valence-corrected chi connectivity index (χ0v) is 28.4. The van der Waals surface area contributed by atoms with Gasteiger partial charge < -0.3 is 41.0 Å². The number of phenolic OH excluding ortho intramolecular Hbond substituents is 1. The molecule has 5 rings (SSSR count). The van der Waals surface area contributed by atoms with Gasteiger partial charge in [0, 0.05) is 23.6 Å². The number of carbonyl (C=O) groups is 4. The Kier molecular flexibility index (Phi) is 9.66. The number of Topliss-reactive ketones (excluding diaryl/α,β-unsaturated/α-hetero) is 2. The van der Waals surface area contributed by atoms with E-state index < -0.39 is 64.1 Å². The second kappa shape index (κ2) is 13.3. The summed E-state index contributed by atoms with van der Waals surface area (Å²) < 4.78 is 10.9. The Morgan fingerprint density at radius 3 is 2.39 bits per heavy atom. The van der Waals surface area contributed by atoms with Crippen LogP contribution in [0.25, 0.3) is 16.9 Å². The van der Waals surface area contributed by atoms with Gasteiger partial charge in [-0.25, -0.2) is 0 Å². The molecule has 1 unspecified atom stereocenters. The number of nitrogens with two attached hydrogens (primary N) is 1. The average molecular weight is 678 g/mol. The Bertz CT molecular complexity index is 1790. The van der Waals surface area contributed by atoms with Crippen LogP contribution in [0.5, 0.6) is 11.5 Å². The van der Waals surface area contributed by atoms with E-state index in [9.17, 15) is 39.6 Å². The number of benzene rings is 2. The quantitative estimate of drug-likeness (QED) is 0.158. The minimum atomic E-state index is -2.72. The molecule has 0 bridgehead atoms. The molecule has 2 aromatic rings. The first-order chi connectivity index (χ1) is 23.1. The maximum absolute atomic E-state index is 14.2. The molecule has 1 saturated carbocycles. The number of likely N-dealkylation sites (N-methyl/N-ethyl adjacent to an activating group) is 1. The fourth-order valence-electron chi connectivity index (χ4n) is 7.62. The lowest BCUT2D eigenvalue weighted by Gasteiger charge is -2.50. The van der Waals surface area contributed by atoms with Crippen molar-refractivity contribution in [3.63, 3.8) is 0 Å². The van der Waals surface area contributed by atoms with E-state index in [0.29, 0.717) is 29.0 Å². The van der Waals surface area contributed by atoms with Crippen molar-refractivity contribution in [2.75, 3.05) is 27.8 Å². The number of aliphatic hydroxyl groups is 3. The predicted molar refractivity (Wildman–Crippen MR) is 178 cm³/mol. The van der Waals surface area contributed by atoms with Crippen molar-refractivity contribution in [3.8, 4) is 22.6 Å². The highest BCUT2D eigenvalue weighted by molar-refractivity contribution is 6.24. The fourth-order valence-corrected chi connectivity index (χ4v) is 7.62. The van der Waals surface area contributed by atoms with Gasteiger partial charge >= 0.3 is 5.97 Å². The van der Waals surface area contributed by atoms with Gasteiger partial charge in [-0.05, 0) is 80.6 Å². The number of rotatable bonds is 10. The van der Waals surface area contributed by atoms with Crippen LogP contribution in [0.4, 0.5) is 0 Å². The van der Waals surface area contributed by atoms with E-state index in [-0.39, 0.29) is 48.2 Å². The van der Waals surface area contributed by atoms with E-state index >= 15 is 0 Å². The number of amides is 1. The summed E-state index contributed by atoms with van der Waals surface area (Å²) in [5.41, 5.74) is 4.09. The molecule has 0 radical (unpaired) electrons. The summed E-state index contributed by atoms with van der Waals surface area (Å²) in [6, 6.07) is 6.82. The van der Waals surface area contributed by atoms with Crippen LogP contribution < -0.4 is 15.8 Å². The number of esters is 1. The number of primary amides is 1. The smallest absolute Gasteiger partial charge is 0.323 e. The van der Waals surface area contributed by atoms with E-state index in [1.807, 2.05) is 26.0 Å². The molecule has 0 aromatic heterocycles. The number of hydrogen-bond acceptors (Lipinski definition) is 12. The highest BCUT2D eigenvalue weighted by Crippen LogP contribution is 2.54. The summed E-state index contributed by atoms with van der Waals surface area (Å²) in [6.45, 7) is 6.16. The molecule has 1 fully saturated rings. The lowest BCUT2D eigenvalue weighted by Crippen LogP contribution is -2.65. The maximum Gasteiger partial charge on any atom is 0.323 e. The molecule has 3 aliphatic rings. The number of aromatic hydroxyl groups is 1. The number of ether oxygens (including phenoxy) is 2. The van der Waals surface area contributed by atoms with Crippen LogP contribution in [0.1, 0.15) is 43.9 Å². The Balaban J connectivity index is 1.62. The van der Waals surface area contributed by atoms with Gasteiger partial charge in [-0.2, -0.15) is 0 Å². The van der Waals surface area contributed by atoms with Crippen molar-refractivity contribution >= 4 is 29.2 Å². The van der Waals surface area contributed by atoms with Crippen LogP contribution in [0.2, 0.25) is 0 Å². The molecule has 0 saturated heterocycles. The summed E-state index contributed by atoms with van der Waals surface area (Å²) in [6.07, 6.45) is 0.0780. The normalized spacial score (nSPS) is 24.1. The largest absolute Gasteiger partial charge is 0.508 e. The van der Waals surface area contributed by atoms with Crippen molar-refractivity contribution in [2.45, 2.75) is 57.8 Å². The lowest BCUT2D eigenvalue weighted by atomic mass is 9.57. The van der Waals surface area contributed by atoms with Crippen molar-refractivity contribution < 1.29 is 49.1 Å². The number of fused-ring (bicyclic) bond motifs is 3. The topological polar surface area (TPSA) is 209 Å². The van der Waals surface area contributed by atoms with E-state index in [4.69, 9.17) is 15.2 Å². The predicted octanol–water partition coefficient (Wildman–Crippen LogP) is 2.32. The van der Waals surface area contributed by atoms with E-state index in [1.165, 1.54) is 18.1 Å². The summed E-state index contributed by atoms with van der Waals surface area (Å²) >= 11 is 0. The van der Waals surface area contributed by atoms with E-state index in [1.54, 1.807) is 33.2 Å². The third-order valence-corrected chi connectivity index (χ3v) is 9.89. The van der Waals surface area contributed by atoms with Crippen LogP contribution in [0.3, 0.4) is 0 Å². The number of ketones is 2. The second-order valence-corrected chi connectivity index (χ2v) is 13.3. The number of hydrogen-bond donors (Lipinski definition) is 6. The number of carbonyl (C=O) groups excluding carboxylic acids is 4. The molecule has 3 aliphatic carbocycles. The van der Waals surface area contributed by atoms with Gasteiger partial charge in [0.25, 0.3) is 5.91 Å². The molecule has 262 valence electrons. The van der Waals surface area contributed by atoms with Gasteiger partial charge in [0.15, 0.2) is 11.4 Å². The van der Waals surface area contributed by atoms with Crippen LogP contribution in [0, 0.1) is 17.8 Å². The molecule has 0 aliphatic heterocycles. The SMILES string of the molecule is CCOC(=O)C(NCc1ccc(OC)c(-c2ccc(O)c3c2C[C@H]2C[C@@H]4[C@H](N(C)C)C(=O)C(C(N)=O)=C(O)[C@@]4(O)C(=O)C2=C3O)c1)C(C)C. The number of nitrogens with zero attached hydrogens (tertiary/aromatic N) is 1. The molecule has 7 N–H and O–H groups in total. The molecule has 13 heteroatoms. The minimum Gasteiger partial charge on any atom is -0.508 e. The molecule has 0 spiro atoms. The first-order valence-corrected chi connectivity index (χ1v) is 16.2. The van der Waals surface area contributed by atoms with Crippen LogP contribution in [-0.4, -0.2) is 94.3 Å². The molecule has 49 heavy (non-hydrogen) atoms. The monoisotopic (exact) mass is 677 g/mol. The molecular weight excluding hydrogens is 634 g/mol. The van der Waals surface area contributed by atoms with Crippen molar-refractivity contribution in [3.05, 3.63) is 63.9 Å². The summed E-state index contributed by atoms with van der Waals surface area (Å²) in [5, 5.41) is 48.9. The number of phenols is 1. The molecule has 0 heterocycles. The third-order valence-electron chi connectivity index (χ3n) is 9.89. The van der Waals surface area contributed by atoms with Crippen LogP contribution in [-0.2, 0) is 36.9 Å². The lowest BCUT2D eigenvalue weighted by molar-refractivity contribution is -0.153. The van der Waals surface area contributed by atoms with Crippen molar-refractivity contribution in [1.82, 2.24) is 10.2 Å². The first-order valence-electron chi connectivity index (χ1n) is 16.2. The Hall–Kier alpha value is -4.72.